The van der Waals surface area contributed by atoms with Crippen LogP contribution < -0.4 is 15.0 Å². The van der Waals surface area contributed by atoms with E-state index in [2.05, 4.69) is 25.2 Å². The Balaban J connectivity index is 1.65. The topological polar surface area (TPSA) is 83.4 Å². The number of hydrogen-bond donors (Lipinski definition) is 2. The summed E-state index contributed by atoms with van der Waals surface area (Å²) < 4.78 is 5.41. The standard InChI is InChI=1S/C17H23N5O2/c1-2-24-17-8-13(5-6-18-17)10-19-15-9-16(21-12-20-15)22-7-3-4-14(22)11-23/h5-6,8-9,12,14,23H,2-4,7,10-11H2,1H3,(H,19,20,21)/t14-/m0/s1. The summed E-state index contributed by atoms with van der Waals surface area (Å²) in [6.07, 6.45) is 5.38. The van der Waals surface area contributed by atoms with Crippen molar-refractivity contribution in [3.8, 4) is 5.88 Å². The molecule has 0 aromatic carbocycles. The molecule has 0 unspecified atom stereocenters. The molecule has 1 aliphatic heterocycles. The zero-order valence-electron chi connectivity index (χ0n) is 13.9. The Bertz CT molecular complexity index is 667. The first-order valence-electron chi connectivity index (χ1n) is 8.31. The van der Waals surface area contributed by atoms with Crippen LogP contribution >= 0.6 is 0 Å². The summed E-state index contributed by atoms with van der Waals surface area (Å²) in [7, 11) is 0. The minimum absolute atomic E-state index is 0.154. The molecule has 1 aliphatic rings. The first kappa shape index (κ1) is 16.4. The molecular formula is C17H23N5O2. The lowest BCUT2D eigenvalue weighted by molar-refractivity contribution is 0.266. The summed E-state index contributed by atoms with van der Waals surface area (Å²) in [5.41, 5.74) is 1.07. The van der Waals surface area contributed by atoms with Gasteiger partial charge in [0.1, 0.15) is 18.0 Å². The number of aromatic nitrogens is 3. The van der Waals surface area contributed by atoms with Gasteiger partial charge >= 0.3 is 0 Å². The molecule has 0 bridgehead atoms. The molecule has 0 aliphatic carbocycles. The number of anilines is 2. The normalized spacial score (nSPS) is 17.1. The highest BCUT2D eigenvalue weighted by atomic mass is 16.5. The highest BCUT2D eigenvalue weighted by molar-refractivity contribution is 5.50. The van der Waals surface area contributed by atoms with Crippen LogP contribution in [0.3, 0.4) is 0 Å². The monoisotopic (exact) mass is 329 g/mol. The van der Waals surface area contributed by atoms with E-state index in [1.54, 1.807) is 12.5 Å². The third-order valence-corrected chi connectivity index (χ3v) is 4.10. The van der Waals surface area contributed by atoms with Crippen LogP contribution in [0.4, 0.5) is 11.6 Å². The lowest BCUT2D eigenvalue weighted by Gasteiger charge is -2.24. The van der Waals surface area contributed by atoms with Crippen molar-refractivity contribution in [2.24, 2.45) is 0 Å². The summed E-state index contributed by atoms with van der Waals surface area (Å²) in [5.74, 6) is 2.25. The fourth-order valence-electron chi connectivity index (χ4n) is 2.91. The van der Waals surface area contributed by atoms with E-state index < -0.39 is 0 Å². The Morgan fingerprint density at radius 1 is 1.33 bits per heavy atom. The summed E-state index contributed by atoms with van der Waals surface area (Å²) in [5, 5.41) is 12.8. The number of pyridine rings is 1. The number of aliphatic hydroxyl groups excluding tert-OH is 1. The van der Waals surface area contributed by atoms with Gasteiger partial charge in [0.2, 0.25) is 5.88 Å². The molecule has 128 valence electrons. The Kier molecular flexibility index (Phi) is 5.43. The maximum absolute atomic E-state index is 9.47. The highest BCUT2D eigenvalue weighted by Gasteiger charge is 2.25. The largest absolute Gasteiger partial charge is 0.478 e. The van der Waals surface area contributed by atoms with Gasteiger partial charge in [-0.1, -0.05) is 0 Å². The van der Waals surface area contributed by atoms with E-state index in [1.807, 2.05) is 25.1 Å². The van der Waals surface area contributed by atoms with Gasteiger partial charge in [-0.2, -0.15) is 0 Å². The first-order valence-corrected chi connectivity index (χ1v) is 8.31. The van der Waals surface area contributed by atoms with E-state index >= 15 is 0 Å². The van der Waals surface area contributed by atoms with Crippen LogP contribution in [-0.2, 0) is 6.54 Å². The minimum Gasteiger partial charge on any atom is -0.478 e. The second-order valence-electron chi connectivity index (χ2n) is 5.72. The van der Waals surface area contributed by atoms with Crippen molar-refractivity contribution < 1.29 is 9.84 Å². The van der Waals surface area contributed by atoms with Gasteiger partial charge in [-0.3, -0.25) is 0 Å². The highest BCUT2D eigenvalue weighted by Crippen LogP contribution is 2.24. The van der Waals surface area contributed by atoms with Gasteiger partial charge in [0.05, 0.1) is 19.3 Å². The molecule has 2 N–H and O–H groups in total. The molecule has 3 heterocycles. The predicted octanol–water partition coefficient (Wildman–Crippen LogP) is 1.84. The van der Waals surface area contributed by atoms with Gasteiger partial charge in [-0.25, -0.2) is 15.0 Å². The Morgan fingerprint density at radius 2 is 2.25 bits per heavy atom. The van der Waals surface area contributed by atoms with Crippen LogP contribution in [0.1, 0.15) is 25.3 Å². The van der Waals surface area contributed by atoms with E-state index in [0.29, 0.717) is 19.0 Å². The van der Waals surface area contributed by atoms with Crippen molar-refractivity contribution in [1.29, 1.82) is 0 Å². The molecule has 1 saturated heterocycles. The van der Waals surface area contributed by atoms with E-state index in [9.17, 15) is 5.11 Å². The van der Waals surface area contributed by atoms with Crippen LogP contribution in [-0.4, -0.2) is 45.9 Å². The molecule has 2 aromatic heterocycles. The summed E-state index contributed by atoms with van der Waals surface area (Å²) in [4.78, 5) is 14.9. The number of ether oxygens (including phenoxy) is 1. The maximum atomic E-state index is 9.47. The van der Waals surface area contributed by atoms with Crippen molar-refractivity contribution in [2.45, 2.75) is 32.4 Å². The van der Waals surface area contributed by atoms with E-state index in [1.165, 1.54) is 0 Å². The Labute approximate surface area is 141 Å². The molecule has 0 amide bonds. The number of hydrogen-bond acceptors (Lipinski definition) is 7. The zero-order chi connectivity index (χ0) is 16.8. The quantitative estimate of drug-likeness (QED) is 0.802. The van der Waals surface area contributed by atoms with Crippen molar-refractivity contribution in [2.75, 3.05) is 30.0 Å². The van der Waals surface area contributed by atoms with E-state index in [0.717, 1.165) is 36.6 Å². The smallest absolute Gasteiger partial charge is 0.213 e. The number of aliphatic hydroxyl groups is 1. The molecule has 7 nitrogen and oxygen atoms in total. The SMILES string of the molecule is CCOc1cc(CNc2cc(N3CCC[C@H]3CO)ncn2)ccn1. The van der Waals surface area contributed by atoms with Crippen molar-refractivity contribution in [1.82, 2.24) is 15.0 Å². The molecule has 3 rings (SSSR count). The third kappa shape index (κ3) is 3.91. The second kappa shape index (κ2) is 7.92. The molecule has 1 atom stereocenters. The fourth-order valence-corrected chi connectivity index (χ4v) is 2.91. The van der Waals surface area contributed by atoms with Crippen LogP contribution in [0, 0.1) is 0 Å². The van der Waals surface area contributed by atoms with Gasteiger partial charge in [-0.05, 0) is 31.4 Å². The summed E-state index contributed by atoms with van der Waals surface area (Å²) in [6.45, 7) is 4.24. The first-order chi connectivity index (χ1) is 11.8. The lowest BCUT2D eigenvalue weighted by atomic mass is 10.2. The molecule has 0 spiro atoms. The fraction of sp³-hybridized carbons (Fsp3) is 0.471. The molecule has 24 heavy (non-hydrogen) atoms. The number of nitrogens with zero attached hydrogens (tertiary/aromatic N) is 4. The summed E-state index contributed by atoms with van der Waals surface area (Å²) in [6, 6.07) is 5.95. The molecular weight excluding hydrogens is 306 g/mol. The van der Waals surface area contributed by atoms with Crippen LogP contribution in [0.2, 0.25) is 0 Å². The van der Waals surface area contributed by atoms with Gasteiger partial charge < -0.3 is 20.1 Å². The van der Waals surface area contributed by atoms with E-state index in [4.69, 9.17) is 4.74 Å². The molecule has 2 aromatic rings. The second-order valence-corrected chi connectivity index (χ2v) is 5.72. The average molecular weight is 329 g/mol. The average Bonchev–Trinajstić information content (AvgIpc) is 3.10. The Hall–Kier alpha value is -2.41. The van der Waals surface area contributed by atoms with Gasteiger partial charge in [-0.15, -0.1) is 0 Å². The summed E-state index contributed by atoms with van der Waals surface area (Å²) >= 11 is 0. The lowest BCUT2D eigenvalue weighted by Crippen LogP contribution is -2.32. The molecule has 0 radical (unpaired) electrons. The predicted molar refractivity (Wildman–Crippen MR) is 92.2 cm³/mol. The maximum Gasteiger partial charge on any atom is 0.213 e. The molecule has 7 heteroatoms. The van der Waals surface area contributed by atoms with Crippen molar-refractivity contribution in [3.05, 3.63) is 36.3 Å². The van der Waals surface area contributed by atoms with E-state index in [-0.39, 0.29) is 12.6 Å². The van der Waals surface area contributed by atoms with Crippen LogP contribution in [0.25, 0.3) is 0 Å². The Morgan fingerprint density at radius 3 is 3.08 bits per heavy atom. The number of nitrogens with one attached hydrogen (secondary N) is 1. The van der Waals surface area contributed by atoms with Crippen LogP contribution in [0.5, 0.6) is 5.88 Å². The number of rotatable bonds is 7. The third-order valence-electron chi connectivity index (χ3n) is 4.10. The molecule has 0 saturated carbocycles. The minimum atomic E-state index is 0.154. The van der Waals surface area contributed by atoms with Crippen LogP contribution in [0.15, 0.2) is 30.7 Å². The van der Waals surface area contributed by atoms with Gasteiger partial charge in [0.25, 0.3) is 0 Å². The van der Waals surface area contributed by atoms with Crippen molar-refractivity contribution >= 4 is 11.6 Å². The van der Waals surface area contributed by atoms with Gasteiger partial charge in [0.15, 0.2) is 0 Å². The van der Waals surface area contributed by atoms with Crippen molar-refractivity contribution in [3.63, 3.8) is 0 Å². The molecule has 1 fully saturated rings. The van der Waals surface area contributed by atoms with Gasteiger partial charge in [0, 0.05) is 31.4 Å². The zero-order valence-corrected chi connectivity index (χ0v) is 13.9.